The molecule has 1 unspecified atom stereocenters. The molecule has 0 spiro atoms. The minimum absolute atomic E-state index is 0.172. The second-order valence-corrected chi connectivity index (χ2v) is 8.34. The predicted molar refractivity (Wildman–Crippen MR) is 130 cm³/mol. The highest BCUT2D eigenvalue weighted by atomic mass is 19.1. The lowest BCUT2D eigenvalue weighted by Gasteiger charge is -2.15. The van der Waals surface area contributed by atoms with Crippen LogP contribution in [0.5, 0.6) is 0 Å². The first-order valence-electron chi connectivity index (χ1n) is 11.1. The summed E-state index contributed by atoms with van der Waals surface area (Å²) in [6.45, 7) is 2.36. The second kappa shape index (κ2) is 7.88. The zero-order valence-electron chi connectivity index (χ0n) is 18.4. The van der Waals surface area contributed by atoms with E-state index >= 15 is 0 Å². The second-order valence-electron chi connectivity index (χ2n) is 8.34. The van der Waals surface area contributed by atoms with Crippen LogP contribution in [-0.2, 0) is 6.54 Å². The summed E-state index contributed by atoms with van der Waals surface area (Å²) in [4.78, 5) is 28.2. The standard InChI is InChI=1S/C27H20FN5O/c1-17(19-7-3-2-4-8-19)33-16-29-25-23(27(33)34)24-26(31-22-10-6-5-9-21(22)30-24)32(25)15-18-11-13-20(28)14-12-18/h2-14,16-17H,15H2,1H3. The van der Waals surface area contributed by atoms with Crippen LogP contribution in [0, 0.1) is 5.82 Å². The fourth-order valence-electron chi connectivity index (χ4n) is 4.41. The van der Waals surface area contributed by atoms with Gasteiger partial charge >= 0.3 is 0 Å². The van der Waals surface area contributed by atoms with Crippen molar-refractivity contribution in [2.45, 2.75) is 19.5 Å². The van der Waals surface area contributed by atoms with Crippen molar-refractivity contribution in [2.24, 2.45) is 0 Å². The van der Waals surface area contributed by atoms with Crippen LogP contribution in [0.15, 0.2) is 90.0 Å². The minimum atomic E-state index is -0.298. The van der Waals surface area contributed by atoms with E-state index in [0.29, 0.717) is 34.3 Å². The third-order valence-corrected chi connectivity index (χ3v) is 6.23. The summed E-state index contributed by atoms with van der Waals surface area (Å²) in [6, 6.07) is 23.5. The highest BCUT2D eigenvalue weighted by Gasteiger charge is 2.21. The van der Waals surface area contributed by atoms with E-state index in [0.717, 1.165) is 16.6 Å². The van der Waals surface area contributed by atoms with E-state index < -0.39 is 0 Å². The van der Waals surface area contributed by atoms with Crippen molar-refractivity contribution in [3.63, 3.8) is 0 Å². The molecule has 1 atom stereocenters. The van der Waals surface area contributed by atoms with Crippen LogP contribution in [0.4, 0.5) is 4.39 Å². The zero-order valence-corrected chi connectivity index (χ0v) is 18.4. The summed E-state index contributed by atoms with van der Waals surface area (Å²) < 4.78 is 17.0. The molecule has 3 aromatic heterocycles. The SMILES string of the molecule is CC(c1ccccc1)n1cnc2c(c1=O)c1nc3ccccc3nc1n2Cc1ccc(F)cc1. The first-order chi connectivity index (χ1) is 16.6. The topological polar surface area (TPSA) is 65.6 Å². The summed E-state index contributed by atoms with van der Waals surface area (Å²) in [5.41, 5.74) is 4.76. The lowest BCUT2D eigenvalue weighted by molar-refractivity contribution is 0.607. The van der Waals surface area contributed by atoms with Gasteiger partial charge in [-0.05, 0) is 42.3 Å². The van der Waals surface area contributed by atoms with E-state index in [1.165, 1.54) is 12.1 Å². The number of halogens is 1. The monoisotopic (exact) mass is 449 g/mol. The van der Waals surface area contributed by atoms with Crippen molar-refractivity contribution in [3.8, 4) is 0 Å². The largest absolute Gasteiger partial charge is 0.304 e. The van der Waals surface area contributed by atoms with Crippen molar-refractivity contribution in [1.29, 1.82) is 0 Å². The molecule has 0 amide bonds. The molecular weight excluding hydrogens is 429 g/mol. The predicted octanol–water partition coefficient (Wildman–Crippen LogP) is 5.09. The molecule has 7 heteroatoms. The molecule has 0 aliphatic heterocycles. The number of rotatable bonds is 4. The zero-order chi connectivity index (χ0) is 23.2. The Morgan fingerprint density at radius 3 is 2.26 bits per heavy atom. The molecule has 0 fully saturated rings. The maximum Gasteiger partial charge on any atom is 0.265 e. The molecule has 0 aliphatic rings. The molecule has 166 valence electrons. The Hall–Kier alpha value is -4.39. The Balaban J connectivity index is 1.64. The van der Waals surface area contributed by atoms with Crippen molar-refractivity contribution in [1.82, 2.24) is 24.1 Å². The Morgan fingerprint density at radius 2 is 1.53 bits per heavy atom. The number of benzene rings is 3. The van der Waals surface area contributed by atoms with Crippen molar-refractivity contribution in [2.75, 3.05) is 0 Å². The van der Waals surface area contributed by atoms with Gasteiger partial charge in [0.1, 0.15) is 23.0 Å². The fraction of sp³-hybridized carbons (Fsp3) is 0.111. The molecule has 34 heavy (non-hydrogen) atoms. The molecule has 0 saturated heterocycles. The number of aromatic nitrogens is 5. The van der Waals surface area contributed by atoms with E-state index in [1.54, 1.807) is 23.0 Å². The van der Waals surface area contributed by atoms with E-state index in [9.17, 15) is 9.18 Å². The van der Waals surface area contributed by atoms with Crippen molar-refractivity contribution < 1.29 is 4.39 Å². The van der Waals surface area contributed by atoms with E-state index in [1.807, 2.05) is 66.1 Å². The van der Waals surface area contributed by atoms with Gasteiger partial charge in [0.15, 0.2) is 11.3 Å². The van der Waals surface area contributed by atoms with Crippen molar-refractivity contribution in [3.05, 3.63) is 112 Å². The molecule has 0 bridgehead atoms. The molecule has 0 N–H and O–H groups in total. The quantitative estimate of drug-likeness (QED) is 0.376. The van der Waals surface area contributed by atoms with Gasteiger partial charge < -0.3 is 4.57 Å². The Labute approximate surface area is 194 Å². The van der Waals surface area contributed by atoms with Crippen molar-refractivity contribution >= 4 is 33.2 Å². The maximum absolute atomic E-state index is 13.8. The molecule has 0 aliphatic carbocycles. The smallest absolute Gasteiger partial charge is 0.265 e. The summed E-state index contributed by atoms with van der Waals surface area (Å²) in [5.74, 6) is -0.298. The average molecular weight is 449 g/mol. The molecule has 6 aromatic rings. The highest BCUT2D eigenvalue weighted by molar-refractivity contribution is 6.04. The summed E-state index contributed by atoms with van der Waals surface area (Å²) in [6.07, 6.45) is 1.59. The Kier molecular flexibility index (Phi) is 4.69. The lowest BCUT2D eigenvalue weighted by Crippen LogP contribution is -2.24. The Morgan fingerprint density at radius 1 is 0.853 bits per heavy atom. The third-order valence-electron chi connectivity index (χ3n) is 6.23. The molecule has 3 aromatic carbocycles. The first kappa shape index (κ1) is 20.2. The number of hydrogen-bond donors (Lipinski definition) is 0. The number of hydrogen-bond acceptors (Lipinski definition) is 4. The molecule has 0 saturated carbocycles. The molecule has 0 radical (unpaired) electrons. The first-order valence-corrected chi connectivity index (χ1v) is 11.1. The van der Waals surface area contributed by atoms with Gasteiger partial charge in [-0.15, -0.1) is 0 Å². The van der Waals surface area contributed by atoms with Crippen LogP contribution in [0.3, 0.4) is 0 Å². The summed E-state index contributed by atoms with van der Waals surface area (Å²) >= 11 is 0. The lowest BCUT2D eigenvalue weighted by atomic mass is 10.1. The van der Waals surface area contributed by atoms with Crippen LogP contribution in [0.25, 0.3) is 33.2 Å². The third kappa shape index (κ3) is 3.25. The van der Waals surface area contributed by atoms with Crippen LogP contribution in [0.1, 0.15) is 24.1 Å². The van der Waals surface area contributed by atoms with E-state index in [2.05, 4.69) is 0 Å². The van der Waals surface area contributed by atoms with Gasteiger partial charge in [0.25, 0.3) is 5.56 Å². The van der Waals surface area contributed by atoms with Gasteiger partial charge in [0.05, 0.1) is 23.6 Å². The minimum Gasteiger partial charge on any atom is -0.304 e. The Bertz CT molecular complexity index is 1720. The molecular formula is C27H20FN5O. The summed E-state index contributed by atoms with van der Waals surface area (Å²) in [7, 11) is 0. The van der Waals surface area contributed by atoms with Gasteiger partial charge in [-0.25, -0.2) is 19.3 Å². The van der Waals surface area contributed by atoms with Crippen LogP contribution in [-0.4, -0.2) is 24.1 Å². The maximum atomic E-state index is 13.8. The van der Waals surface area contributed by atoms with Gasteiger partial charge in [0, 0.05) is 0 Å². The number of nitrogens with zero attached hydrogens (tertiary/aromatic N) is 5. The number of fused-ring (bicyclic) bond motifs is 4. The summed E-state index contributed by atoms with van der Waals surface area (Å²) in [5, 5.41) is 0.431. The van der Waals surface area contributed by atoms with Crippen LogP contribution in [0.2, 0.25) is 0 Å². The average Bonchev–Trinajstić information content (AvgIpc) is 3.17. The van der Waals surface area contributed by atoms with Gasteiger partial charge in [-0.2, -0.15) is 0 Å². The van der Waals surface area contributed by atoms with Gasteiger partial charge in [0.2, 0.25) is 0 Å². The normalized spacial score (nSPS) is 12.5. The molecule has 3 heterocycles. The van der Waals surface area contributed by atoms with Gasteiger partial charge in [-0.1, -0.05) is 54.6 Å². The van der Waals surface area contributed by atoms with E-state index in [-0.39, 0.29) is 17.4 Å². The molecule has 6 rings (SSSR count). The highest BCUT2D eigenvalue weighted by Crippen LogP contribution is 2.27. The number of para-hydroxylation sites is 2. The van der Waals surface area contributed by atoms with Crippen LogP contribution < -0.4 is 5.56 Å². The van der Waals surface area contributed by atoms with Gasteiger partial charge in [-0.3, -0.25) is 9.36 Å². The molecule has 6 nitrogen and oxygen atoms in total. The van der Waals surface area contributed by atoms with E-state index in [4.69, 9.17) is 15.0 Å². The van der Waals surface area contributed by atoms with Crippen LogP contribution >= 0.6 is 0 Å². The fourth-order valence-corrected chi connectivity index (χ4v) is 4.41.